The van der Waals surface area contributed by atoms with Gasteiger partial charge in [-0.1, -0.05) is 38.1 Å². The van der Waals surface area contributed by atoms with E-state index in [-0.39, 0.29) is 28.0 Å². The Hall–Kier alpha value is -1.76. The van der Waals surface area contributed by atoms with E-state index in [0.29, 0.717) is 19.0 Å². The van der Waals surface area contributed by atoms with Gasteiger partial charge in [-0.3, -0.25) is 4.98 Å². The number of aromatic nitrogens is 1. The molecule has 2 unspecified atom stereocenters. The number of rotatable bonds is 6. The lowest BCUT2D eigenvalue weighted by molar-refractivity contribution is 0.120. The van der Waals surface area contributed by atoms with Crippen molar-refractivity contribution in [2.45, 2.75) is 76.8 Å². The van der Waals surface area contributed by atoms with Gasteiger partial charge in [-0.05, 0) is 90.5 Å². The lowest BCUT2D eigenvalue weighted by Gasteiger charge is -2.45. The molecule has 2 bridgehead atoms. The van der Waals surface area contributed by atoms with Crippen LogP contribution < -0.4 is 5.32 Å². The monoisotopic (exact) mass is 493 g/mol. The molecule has 35 heavy (non-hydrogen) atoms. The third-order valence-corrected chi connectivity index (χ3v) is 12.7. The second-order valence-corrected chi connectivity index (χ2v) is 14.2. The van der Waals surface area contributed by atoms with Crippen LogP contribution >= 0.6 is 0 Å². The summed E-state index contributed by atoms with van der Waals surface area (Å²) >= 11 is 0. The number of hydrogen-bond acceptors (Lipinski definition) is 4. The fourth-order valence-corrected chi connectivity index (χ4v) is 10.6. The van der Waals surface area contributed by atoms with Gasteiger partial charge in [0.25, 0.3) is 0 Å². The van der Waals surface area contributed by atoms with Crippen LogP contribution in [0.3, 0.4) is 0 Å². The van der Waals surface area contributed by atoms with E-state index in [1.807, 2.05) is 28.8 Å². The Morgan fingerprint density at radius 3 is 2.51 bits per heavy atom. The number of nitrogens with one attached hydrogen (secondary N) is 1. The number of nitrogens with zero attached hydrogens (tertiary/aromatic N) is 2. The standard InChI is InChI=1S/C29H39N3O2S/c1-27(2)24-8-12-29(27,26(19-24)31-20-22-9-15-30-16-10-22)21-35(33,34)32-17-13-28(14-18-32)11-7-23-5-3-4-6-25(23)28/h3-6,9-10,15-16,24,26,31H,7-8,11-14,17-21H2,1-2H3/t24?,26?,29-/m1/s1. The molecule has 1 saturated heterocycles. The Balaban J connectivity index is 1.19. The Kier molecular flexibility index (Phi) is 5.66. The summed E-state index contributed by atoms with van der Waals surface area (Å²) in [6, 6.07) is 13.1. The molecule has 0 radical (unpaired) electrons. The number of piperidine rings is 1. The van der Waals surface area contributed by atoms with Crippen molar-refractivity contribution in [3.63, 3.8) is 0 Å². The van der Waals surface area contributed by atoms with E-state index in [9.17, 15) is 8.42 Å². The highest BCUT2D eigenvalue weighted by Gasteiger charge is 2.65. The average molecular weight is 494 g/mol. The van der Waals surface area contributed by atoms with Crippen LogP contribution in [0.4, 0.5) is 0 Å². The molecule has 1 aliphatic heterocycles. The normalized spacial score (nSPS) is 31.1. The van der Waals surface area contributed by atoms with Crippen LogP contribution in [0.2, 0.25) is 0 Å². The molecule has 2 aromatic rings. The minimum atomic E-state index is -3.34. The van der Waals surface area contributed by atoms with E-state index < -0.39 is 10.0 Å². The quantitative estimate of drug-likeness (QED) is 0.635. The average Bonchev–Trinajstić information content (AvgIpc) is 3.40. The highest BCUT2D eigenvalue weighted by Crippen LogP contribution is 2.66. The van der Waals surface area contributed by atoms with Gasteiger partial charge in [0, 0.05) is 43.5 Å². The lowest BCUT2D eigenvalue weighted by atomic mass is 9.69. The SMILES string of the molecule is CC1(C)C2CC[C@@]1(CS(=O)(=O)N1CCC3(CCc4ccccc43)CC1)C(NCc1ccncc1)C2. The molecule has 4 aliphatic rings. The van der Waals surface area contributed by atoms with Gasteiger partial charge in [-0.25, -0.2) is 12.7 Å². The van der Waals surface area contributed by atoms with Crippen molar-refractivity contribution in [1.29, 1.82) is 0 Å². The number of pyridine rings is 1. The van der Waals surface area contributed by atoms with Gasteiger partial charge < -0.3 is 5.32 Å². The first-order valence-corrected chi connectivity index (χ1v) is 15.1. The van der Waals surface area contributed by atoms with Gasteiger partial charge in [-0.2, -0.15) is 0 Å². The molecular formula is C29H39N3O2S. The summed E-state index contributed by atoms with van der Waals surface area (Å²) in [5.74, 6) is 0.869. The molecule has 2 saturated carbocycles. The summed E-state index contributed by atoms with van der Waals surface area (Å²) in [6.45, 7) is 6.74. The Bertz CT molecular complexity index is 1190. The molecule has 1 N–H and O–H groups in total. The van der Waals surface area contributed by atoms with E-state index in [2.05, 4.69) is 48.4 Å². The molecule has 5 nitrogen and oxygen atoms in total. The molecule has 1 spiro atoms. The predicted molar refractivity (Wildman–Crippen MR) is 139 cm³/mol. The van der Waals surface area contributed by atoms with Gasteiger partial charge in [0.05, 0.1) is 5.75 Å². The van der Waals surface area contributed by atoms with E-state index in [1.165, 1.54) is 23.1 Å². The van der Waals surface area contributed by atoms with Crippen molar-refractivity contribution in [2.75, 3.05) is 18.8 Å². The third kappa shape index (κ3) is 3.70. The molecule has 1 aromatic carbocycles. The molecular weight excluding hydrogens is 454 g/mol. The van der Waals surface area contributed by atoms with E-state index in [1.54, 1.807) is 0 Å². The second-order valence-electron chi connectivity index (χ2n) is 12.2. The van der Waals surface area contributed by atoms with Crippen molar-refractivity contribution < 1.29 is 8.42 Å². The molecule has 6 rings (SSSR count). The maximum Gasteiger partial charge on any atom is 0.214 e. The minimum Gasteiger partial charge on any atom is -0.309 e. The highest BCUT2D eigenvalue weighted by molar-refractivity contribution is 7.89. The number of benzene rings is 1. The van der Waals surface area contributed by atoms with Gasteiger partial charge in [0.2, 0.25) is 10.0 Å². The summed E-state index contributed by atoms with van der Waals surface area (Å²) in [6.07, 6.45) is 11.1. The number of fused-ring (bicyclic) bond motifs is 4. The van der Waals surface area contributed by atoms with E-state index >= 15 is 0 Å². The van der Waals surface area contributed by atoms with Crippen molar-refractivity contribution in [3.05, 3.63) is 65.5 Å². The zero-order chi connectivity index (χ0) is 24.3. The Labute approximate surface area is 210 Å². The zero-order valence-corrected chi connectivity index (χ0v) is 22.0. The molecule has 1 aromatic heterocycles. The molecule has 3 atom stereocenters. The van der Waals surface area contributed by atoms with E-state index in [4.69, 9.17) is 0 Å². The summed E-state index contributed by atoms with van der Waals surface area (Å²) in [4.78, 5) is 4.13. The van der Waals surface area contributed by atoms with Crippen molar-refractivity contribution >= 4 is 10.0 Å². The maximum absolute atomic E-state index is 14.0. The minimum absolute atomic E-state index is 0.0252. The summed E-state index contributed by atoms with van der Waals surface area (Å²) in [7, 11) is -3.34. The van der Waals surface area contributed by atoms with Crippen molar-refractivity contribution in [2.24, 2.45) is 16.7 Å². The fraction of sp³-hybridized carbons (Fsp3) is 0.621. The maximum atomic E-state index is 14.0. The second kappa shape index (κ2) is 8.39. The lowest BCUT2D eigenvalue weighted by Crippen LogP contribution is -2.54. The van der Waals surface area contributed by atoms with E-state index in [0.717, 1.165) is 45.1 Å². The first-order valence-electron chi connectivity index (χ1n) is 13.4. The molecule has 6 heteroatoms. The molecule has 2 heterocycles. The van der Waals surface area contributed by atoms with Gasteiger partial charge in [0.1, 0.15) is 0 Å². The highest BCUT2D eigenvalue weighted by atomic mass is 32.2. The first-order chi connectivity index (χ1) is 16.8. The Morgan fingerprint density at radius 2 is 1.77 bits per heavy atom. The van der Waals surface area contributed by atoms with Crippen LogP contribution in [0, 0.1) is 16.7 Å². The molecule has 0 amide bonds. The summed E-state index contributed by atoms with van der Waals surface area (Å²) in [5, 5.41) is 3.79. The number of aryl methyl sites for hydroxylation is 1. The largest absolute Gasteiger partial charge is 0.309 e. The van der Waals surface area contributed by atoms with Gasteiger partial charge >= 0.3 is 0 Å². The molecule has 188 valence electrons. The summed E-state index contributed by atoms with van der Waals surface area (Å²) in [5.41, 5.74) is 4.15. The van der Waals surface area contributed by atoms with Crippen LogP contribution in [0.5, 0.6) is 0 Å². The first kappa shape index (κ1) is 23.6. The predicted octanol–water partition coefficient (Wildman–Crippen LogP) is 4.68. The fourth-order valence-electron chi connectivity index (χ4n) is 8.34. The summed E-state index contributed by atoms with van der Waals surface area (Å²) < 4.78 is 29.8. The smallest absolute Gasteiger partial charge is 0.214 e. The topological polar surface area (TPSA) is 62.3 Å². The van der Waals surface area contributed by atoms with Crippen LogP contribution in [0.25, 0.3) is 0 Å². The van der Waals surface area contributed by atoms with Crippen molar-refractivity contribution in [1.82, 2.24) is 14.6 Å². The van der Waals surface area contributed by atoms with Crippen LogP contribution in [-0.4, -0.2) is 42.6 Å². The molecule has 3 fully saturated rings. The third-order valence-electron chi connectivity index (χ3n) is 10.7. The van der Waals surface area contributed by atoms with Crippen molar-refractivity contribution in [3.8, 4) is 0 Å². The molecule has 3 aliphatic carbocycles. The van der Waals surface area contributed by atoms with Crippen LogP contribution in [0.1, 0.15) is 69.1 Å². The number of hydrogen-bond donors (Lipinski definition) is 1. The van der Waals surface area contributed by atoms with Gasteiger partial charge in [-0.15, -0.1) is 0 Å². The van der Waals surface area contributed by atoms with Gasteiger partial charge in [0.15, 0.2) is 0 Å². The zero-order valence-electron chi connectivity index (χ0n) is 21.2. The van der Waals surface area contributed by atoms with Crippen LogP contribution in [-0.2, 0) is 28.4 Å². The number of sulfonamides is 1. The Morgan fingerprint density at radius 1 is 1.03 bits per heavy atom. The van der Waals surface area contributed by atoms with Crippen LogP contribution in [0.15, 0.2) is 48.8 Å².